The van der Waals surface area contributed by atoms with Crippen molar-refractivity contribution in [2.45, 2.75) is 30.8 Å². The summed E-state index contributed by atoms with van der Waals surface area (Å²) in [7, 11) is -0.249. The summed E-state index contributed by atoms with van der Waals surface area (Å²) in [5.41, 5.74) is 4.62. The maximum absolute atomic E-state index is 13.2. The summed E-state index contributed by atoms with van der Waals surface area (Å²) >= 11 is 0. The Morgan fingerprint density at radius 1 is 1.10 bits per heavy atom. The molecule has 0 fully saturated rings. The number of aromatic nitrogens is 1. The fourth-order valence-electron chi connectivity index (χ4n) is 4.29. The van der Waals surface area contributed by atoms with Gasteiger partial charge in [-0.25, -0.2) is 13.1 Å². The van der Waals surface area contributed by atoms with Crippen molar-refractivity contribution >= 4 is 10.0 Å². The van der Waals surface area contributed by atoms with Crippen LogP contribution in [0, 0.1) is 6.92 Å². The van der Waals surface area contributed by atoms with Crippen molar-refractivity contribution in [3.05, 3.63) is 83.2 Å². The molecule has 0 saturated heterocycles. The molecule has 1 aromatic heterocycles. The lowest BCUT2D eigenvalue weighted by atomic mass is 9.98. The molecule has 2 heterocycles. The van der Waals surface area contributed by atoms with E-state index in [2.05, 4.69) is 44.5 Å². The molecule has 3 aromatic rings. The van der Waals surface area contributed by atoms with Gasteiger partial charge in [0, 0.05) is 38.6 Å². The van der Waals surface area contributed by atoms with Crippen LogP contribution < -0.4 is 9.46 Å². The smallest absolute Gasteiger partial charge is 0.244 e. The van der Waals surface area contributed by atoms with Crippen molar-refractivity contribution in [2.24, 2.45) is 7.05 Å². The minimum atomic E-state index is -3.73. The molecule has 1 atom stereocenters. The standard InChI is InChI=1S/C24H29N3O3S/c1-18-10-11-23(30-3)24(15-18)31(28,29)25-16-22(21-9-6-13-26(21)2)27-14-12-19-7-4-5-8-20(19)17-27/h4-11,13,15,22,25H,12,14,16-17H2,1-3H3/t22-/m1/s1. The number of hydrogen-bond donors (Lipinski definition) is 1. The van der Waals surface area contributed by atoms with Crippen LogP contribution in [0.15, 0.2) is 65.7 Å². The first-order valence-electron chi connectivity index (χ1n) is 10.5. The molecule has 6 nitrogen and oxygen atoms in total. The zero-order valence-electron chi connectivity index (χ0n) is 18.2. The van der Waals surface area contributed by atoms with Crippen molar-refractivity contribution in [3.63, 3.8) is 0 Å². The second-order valence-electron chi connectivity index (χ2n) is 8.06. The van der Waals surface area contributed by atoms with E-state index in [0.29, 0.717) is 5.75 Å². The number of methoxy groups -OCH3 is 1. The third-order valence-corrected chi connectivity index (χ3v) is 7.45. The summed E-state index contributed by atoms with van der Waals surface area (Å²) in [4.78, 5) is 2.53. The van der Waals surface area contributed by atoms with Crippen molar-refractivity contribution < 1.29 is 13.2 Å². The molecule has 0 aliphatic carbocycles. The van der Waals surface area contributed by atoms with E-state index in [4.69, 9.17) is 4.74 Å². The molecule has 0 saturated carbocycles. The molecular weight excluding hydrogens is 410 g/mol. The highest BCUT2D eigenvalue weighted by atomic mass is 32.2. The predicted octanol–water partition coefficient (Wildman–Crippen LogP) is 3.42. The number of fused-ring (bicyclic) bond motifs is 1. The molecule has 31 heavy (non-hydrogen) atoms. The number of ether oxygens (including phenoxy) is 1. The zero-order chi connectivity index (χ0) is 22.0. The van der Waals surface area contributed by atoms with E-state index in [1.165, 1.54) is 18.2 Å². The average molecular weight is 440 g/mol. The van der Waals surface area contributed by atoms with Crippen LogP contribution in [0.2, 0.25) is 0 Å². The fraction of sp³-hybridized carbons (Fsp3) is 0.333. The van der Waals surface area contributed by atoms with Gasteiger partial charge >= 0.3 is 0 Å². The Morgan fingerprint density at radius 3 is 2.58 bits per heavy atom. The van der Waals surface area contributed by atoms with E-state index < -0.39 is 10.0 Å². The number of aryl methyl sites for hydroxylation is 2. The van der Waals surface area contributed by atoms with Crippen LogP contribution in [-0.2, 0) is 30.0 Å². The van der Waals surface area contributed by atoms with Gasteiger partial charge in [0.15, 0.2) is 0 Å². The minimum Gasteiger partial charge on any atom is -0.495 e. The second kappa shape index (κ2) is 8.86. The van der Waals surface area contributed by atoms with Crippen molar-refractivity contribution in [2.75, 3.05) is 20.2 Å². The van der Waals surface area contributed by atoms with Crippen molar-refractivity contribution in [1.29, 1.82) is 0 Å². The van der Waals surface area contributed by atoms with Crippen LogP contribution in [0.5, 0.6) is 5.75 Å². The molecule has 1 aliphatic rings. The van der Waals surface area contributed by atoms with Gasteiger partial charge in [-0.1, -0.05) is 30.3 Å². The van der Waals surface area contributed by atoms with E-state index >= 15 is 0 Å². The Balaban J connectivity index is 1.61. The van der Waals surface area contributed by atoms with Crippen LogP contribution in [0.25, 0.3) is 0 Å². The highest BCUT2D eigenvalue weighted by molar-refractivity contribution is 7.89. The van der Waals surface area contributed by atoms with Gasteiger partial charge < -0.3 is 9.30 Å². The van der Waals surface area contributed by atoms with Crippen LogP contribution in [-0.4, -0.2) is 38.1 Å². The number of nitrogens with one attached hydrogen (secondary N) is 1. The summed E-state index contributed by atoms with van der Waals surface area (Å²) in [6, 6.07) is 17.6. The molecule has 0 amide bonds. The summed E-state index contributed by atoms with van der Waals surface area (Å²) in [5.74, 6) is 0.348. The highest BCUT2D eigenvalue weighted by Gasteiger charge is 2.29. The second-order valence-corrected chi connectivity index (χ2v) is 9.79. The summed E-state index contributed by atoms with van der Waals surface area (Å²) in [6.45, 7) is 3.82. The Labute approximate surface area is 184 Å². The third-order valence-electron chi connectivity index (χ3n) is 6.00. The zero-order valence-corrected chi connectivity index (χ0v) is 19.0. The Morgan fingerprint density at radius 2 is 1.87 bits per heavy atom. The van der Waals surface area contributed by atoms with Crippen LogP contribution in [0.4, 0.5) is 0 Å². The van der Waals surface area contributed by atoms with Gasteiger partial charge in [0.2, 0.25) is 10.0 Å². The maximum Gasteiger partial charge on any atom is 0.244 e. The van der Waals surface area contributed by atoms with Crippen LogP contribution in [0.1, 0.15) is 28.4 Å². The van der Waals surface area contributed by atoms with E-state index in [1.807, 2.05) is 32.3 Å². The first kappa shape index (κ1) is 21.6. The predicted molar refractivity (Wildman–Crippen MR) is 122 cm³/mol. The monoisotopic (exact) mass is 439 g/mol. The van der Waals surface area contributed by atoms with E-state index in [-0.39, 0.29) is 17.5 Å². The van der Waals surface area contributed by atoms with Crippen molar-refractivity contribution in [1.82, 2.24) is 14.2 Å². The van der Waals surface area contributed by atoms with E-state index in [1.54, 1.807) is 12.1 Å². The fourth-order valence-corrected chi connectivity index (χ4v) is 5.58. The van der Waals surface area contributed by atoms with Gasteiger partial charge in [-0.05, 0) is 54.3 Å². The summed E-state index contributed by atoms with van der Waals surface area (Å²) in [5, 5.41) is 0. The van der Waals surface area contributed by atoms with Crippen molar-refractivity contribution in [3.8, 4) is 5.75 Å². The molecule has 2 aromatic carbocycles. The van der Waals surface area contributed by atoms with Gasteiger partial charge in [0.25, 0.3) is 0 Å². The summed E-state index contributed by atoms with van der Waals surface area (Å²) < 4.78 is 36.6. The van der Waals surface area contributed by atoms with Gasteiger partial charge in [0.05, 0.1) is 13.2 Å². The number of rotatable bonds is 7. The quantitative estimate of drug-likeness (QED) is 0.613. The van der Waals surface area contributed by atoms with Gasteiger partial charge in [-0.3, -0.25) is 4.90 Å². The molecule has 0 radical (unpaired) electrons. The van der Waals surface area contributed by atoms with Gasteiger partial charge in [0.1, 0.15) is 10.6 Å². The van der Waals surface area contributed by atoms with Crippen LogP contribution in [0.3, 0.4) is 0 Å². The molecule has 4 rings (SSSR count). The minimum absolute atomic E-state index is 0.0843. The Kier molecular flexibility index (Phi) is 6.18. The molecular formula is C24H29N3O3S. The van der Waals surface area contributed by atoms with Gasteiger partial charge in [-0.2, -0.15) is 0 Å². The lowest BCUT2D eigenvalue weighted by molar-refractivity contribution is 0.174. The number of hydrogen-bond acceptors (Lipinski definition) is 4. The molecule has 7 heteroatoms. The average Bonchev–Trinajstić information content (AvgIpc) is 3.19. The topological polar surface area (TPSA) is 63.6 Å². The van der Waals surface area contributed by atoms with Crippen LogP contribution >= 0.6 is 0 Å². The first-order valence-corrected chi connectivity index (χ1v) is 11.9. The lowest BCUT2D eigenvalue weighted by Crippen LogP contribution is -2.41. The first-order chi connectivity index (χ1) is 14.9. The van der Waals surface area contributed by atoms with E-state index in [0.717, 1.165) is 30.8 Å². The lowest BCUT2D eigenvalue weighted by Gasteiger charge is -2.36. The number of benzene rings is 2. The largest absolute Gasteiger partial charge is 0.495 e. The summed E-state index contributed by atoms with van der Waals surface area (Å²) in [6.07, 6.45) is 2.95. The molecule has 164 valence electrons. The maximum atomic E-state index is 13.2. The highest BCUT2D eigenvalue weighted by Crippen LogP contribution is 2.29. The molecule has 0 unspecified atom stereocenters. The molecule has 1 N–H and O–H groups in total. The molecule has 0 spiro atoms. The third kappa shape index (κ3) is 4.54. The Bertz CT molecular complexity index is 1170. The SMILES string of the molecule is COc1ccc(C)cc1S(=O)(=O)NC[C@H](c1cccn1C)N1CCc2ccccc2C1. The molecule has 0 bridgehead atoms. The number of sulfonamides is 1. The normalized spacial score (nSPS) is 15.5. The molecule has 1 aliphatic heterocycles. The van der Waals surface area contributed by atoms with Gasteiger partial charge in [-0.15, -0.1) is 0 Å². The van der Waals surface area contributed by atoms with E-state index in [9.17, 15) is 8.42 Å². The Hall–Kier alpha value is -2.61. The number of nitrogens with zero attached hydrogens (tertiary/aromatic N) is 2.